The summed E-state index contributed by atoms with van der Waals surface area (Å²) in [6, 6.07) is 6.44. The fourth-order valence-electron chi connectivity index (χ4n) is 3.43. The number of allylic oxidation sites excluding steroid dienone is 2. The quantitative estimate of drug-likeness (QED) is 0.423. The Hall–Kier alpha value is -2.29. The summed E-state index contributed by atoms with van der Waals surface area (Å²) in [4.78, 5) is 15.9. The van der Waals surface area contributed by atoms with Crippen LogP contribution in [0, 0.1) is 0 Å². The van der Waals surface area contributed by atoms with E-state index in [1.54, 1.807) is 0 Å². The highest BCUT2D eigenvalue weighted by Gasteiger charge is 2.27. The molecule has 3 rings (SSSR count). The third kappa shape index (κ3) is 4.46. The molecule has 3 heteroatoms. The molecule has 0 saturated heterocycles. The van der Waals surface area contributed by atoms with Crippen LogP contribution in [-0.2, 0) is 6.42 Å². The Labute approximate surface area is 156 Å². The van der Waals surface area contributed by atoms with Crippen LogP contribution in [0.4, 0.5) is 0 Å². The van der Waals surface area contributed by atoms with Crippen molar-refractivity contribution in [2.75, 3.05) is 6.54 Å². The standard InChI is InChI=1S/C23H30N2O/c1-4-8-17-13-19-15-21(25-22(19)20(14-17)18-10-11-18)23(26)24-12-7-6-9-16(3)5-2/h4,13-15,18,25H,1,3,5-12H2,2H3,(H,24,26). The monoisotopic (exact) mass is 350 g/mol. The zero-order valence-corrected chi connectivity index (χ0v) is 15.9. The van der Waals surface area contributed by atoms with Gasteiger partial charge < -0.3 is 10.3 Å². The molecule has 3 nitrogen and oxygen atoms in total. The summed E-state index contributed by atoms with van der Waals surface area (Å²) in [6.45, 7) is 10.7. The molecule has 2 aromatic rings. The molecule has 1 aliphatic rings. The van der Waals surface area contributed by atoms with Crippen LogP contribution in [0.25, 0.3) is 10.9 Å². The first-order valence-corrected chi connectivity index (χ1v) is 9.83. The lowest BCUT2D eigenvalue weighted by Gasteiger charge is -2.05. The molecule has 1 aromatic heterocycles. The topological polar surface area (TPSA) is 44.9 Å². The number of carbonyl (C=O) groups excluding carboxylic acids is 1. The van der Waals surface area contributed by atoms with Gasteiger partial charge in [0.2, 0.25) is 0 Å². The Morgan fingerprint density at radius 2 is 2.12 bits per heavy atom. The number of carbonyl (C=O) groups is 1. The summed E-state index contributed by atoms with van der Waals surface area (Å²) in [6.07, 6.45) is 9.45. The van der Waals surface area contributed by atoms with Gasteiger partial charge in [0, 0.05) is 17.4 Å². The third-order valence-corrected chi connectivity index (χ3v) is 5.20. The Bertz CT molecular complexity index is 811. The molecule has 0 unspecified atom stereocenters. The van der Waals surface area contributed by atoms with Crippen molar-refractivity contribution in [1.29, 1.82) is 0 Å². The normalized spacial score (nSPS) is 13.7. The Morgan fingerprint density at radius 1 is 1.31 bits per heavy atom. The van der Waals surface area contributed by atoms with Gasteiger partial charge in [-0.2, -0.15) is 0 Å². The molecular weight excluding hydrogens is 320 g/mol. The summed E-state index contributed by atoms with van der Waals surface area (Å²) >= 11 is 0. The van der Waals surface area contributed by atoms with Gasteiger partial charge in [-0.15, -0.1) is 6.58 Å². The van der Waals surface area contributed by atoms with Gasteiger partial charge in [0.1, 0.15) is 5.69 Å². The number of H-pyrrole nitrogens is 1. The van der Waals surface area contributed by atoms with Crippen molar-refractivity contribution in [3.63, 3.8) is 0 Å². The highest BCUT2D eigenvalue weighted by atomic mass is 16.1. The van der Waals surface area contributed by atoms with Crippen molar-refractivity contribution in [2.24, 2.45) is 0 Å². The van der Waals surface area contributed by atoms with Crippen LogP contribution >= 0.6 is 0 Å². The number of amides is 1. The first-order valence-electron chi connectivity index (χ1n) is 9.83. The summed E-state index contributed by atoms with van der Waals surface area (Å²) in [5, 5.41) is 4.17. The molecule has 1 amide bonds. The first-order chi connectivity index (χ1) is 12.6. The van der Waals surface area contributed by atoms with Gasteiger partial charge in [0.05, 0.1) is 0 Å². The fraction of sp³-hybridized carbons (Fsp3) is 0.435. The molecule has 0 atom stereocenters. The van der Waals surface area contributed by atoms with E-state index in [1.807, 2.05) is 12.1 Å². The van der Waals surface area contributed by atoms with Crippen LogP contribution in [0.1, 0.15) is 73.0 Å². The zero-order valence-electron chi connectivity index (χ0n) is 15.9. The molecule has 2 N–H and O–H groups in total. The molecule has 1 aliphatic carbocycles. The second-order valence-corrected chi connectivity index (χ2v) is 7.42. The van der Waals surface area contributed by atoms with E-state index in [4.69, 9.17) is 0 Å². The van der Waals surface area contributed by atoms with Crippen molar-refractivity contribution in [3.8, 4) is 0 Å². The van der Waals surface area contributed by atoms with E-state index in [0.29, 0.717) is 18.2 Å². The van der Waals surface area contributed by atoms with Gasteiger partial charge in [0.25, 0.3) is 5.91 Å². The molecule has 1 saturated carbocycles. The van der Waals surface area contributed by atoms with Crippen LogP contribution in [-0.4, -0.2) is 17.4 Å². The Balaban J connectivity index is 1.66. The van der Waals surface area contributed by atoms with Gasteiger partial charge in [-0.25, -0.2) is 0 Å². The summed E-state index contributed by atoms with van der Waals surface area (Å²) in [5.41, 5.74) is 5.71. The zero-order chi connectivity index (χ0) is 18.5. The average molecular weight is 351 g/mol. The van der Waals surface area contributed by atoms with Crippen LogP contribution in [0.15, 0.2) is 43.0 Å². The maximum absolute atomic E-state index is 12.5. The number of aromatic nitrogens is 1. The molecular formula is C23H30N2O. The second kappa shape index (κ2) is 8.39. The highest BCUT2D eigenvalue weighted by Crippen LogP contribution is 2.43. The van der Waals surface area contributed by atoms with Crippen molar-refractivity contribution >= 4 is 16.8 Å². The summed E-state index contributed by atoms with van der Waals surface area (Å²) in [5.74, 6) is 0.631. The van der Waals surface area contributed by atoms with E-state index in [2.05, 4.69) is 42.5 Å². The molecule has 1 fully saturated rings. The number of hydrogen-bond donors (Lipinski definition) is 2. The Kier molecular flexibility index (Phi) is 5.97. The van der Waals surface area contributed by atoms with Crippen molar-refractivity contribution in [3.05, 3.63) is 59.8 Å². The highest BCUT2D eigenvalue weighted by molar-refractivity contribution is 5.99. The number of benzene rings is 1. The number of fused-ring (bicyclic) bond motifs is 1. The number of unbranched alkanes of at least 4 members (excludes halogenated alkanes) is 1. The summed E-state index contributed by atoms with van der Waals surface area (Å²) < 4.78 is 0. The SMILES string of the molecule is C=CCc1cc(C2CC2)c2[nH]c(C(=O)NCCCCC(=C)CC)cc2c1. The van der Waals surface area contributed by atoms with Crippen LogP contribution < -0.4 is 5.32 Å². The van der Waals surface area contributed by atoms with Gasteiger partial charge in [-0.3, -0.25) is 4.79 Å². The minimum atomic E-state index is -0.0115. The third-order valence-electron chi connectivity index (χ3n) is 5.20. The molecule has 0 bridgehead atoms. The lowest BCUT2D eigenvalue weighted by molar-refractivity contribution is 0.0949. The lowest BCUT2D eigenvalue weighted by atomic mass is 10.0. The van der Waals surface area contributed by atoms with E-state index in [1.165, 1.54) is 29.5 Å². The number of aromatic amines is 1. The largest absolute Gasteiger partial charge is 0.351 e. The van der Waals surface area contributed by atoms with Crippen molar-refractivity contribution in [2.45, 2.75) is 57.8 Å². The predicted octanol–water partition coefficient (Wildman–Crippen LogP) is 5.64. The first kappa shape index (κ1) is 18.5. The van der Waals surface area contributed by atoms with E-state index >= 15 is 0 Å². The van der Waals surface area contributed by atoms with Gasteiger partial charge in [-0.05, 0) is 74.1 Å². The van der Waals surface area contributed by atoms with E-state index < -0.39 is 0 Å². The van der Waals surface area contributed by atoms with Crippen molar-refractivity contribution in [1.82, 2.24) is 10.3 Å². The van der Waals surface area contributed by atoms with Gasteiger partial charge >= 0.3 is 0 Å². The number of hydrogen-bond acceptors (Lipinski definition) is 1. The maximum Gasteiger partial charge on any atom is 0.267 e. The Morgan fingerprint density at radius 3 is 2.81 bits per heavy atom. The van der Waals surface area contributed by atoms with Gasteiger partial charge in [-0.1, -0.05) is 31.2 Å². The lowest BCUT2D eigenvalue weighted by Crippen LogP contribution is -2.24. The molecule has 1 aromatic carbocycles. The van der Waals surface area contributed by atoms with Crippen LogP contribution in [0.2, 0.25) is 0 Å². The fourth-order valence-corrected chi connectivity index (χ4v) is 3.43. The second-order valence-electron chi connectivity index (χ2n) is 7.42. The molecule has 1 heterocycles. The van der Waals surface area contributed by atoms with E-state index in [0.717, 1.165) is 43.0 Å². The minimum Gasteiger partial charge on any atom is -0.351 e. The average Bonchev–Trinajstić information content (AvgIpc) is 3.39. The minimum absolute atomic E-state index is 0.0115. The molecule has 0 radical (unpaired) electrons. The molecule has 0 aliphatic heterocycles. The van der Waals surface area contributed by atoms with E-state index in [-0.39, 0.29) is 5.91 Å². The summed E-state index contributed by atoms with van der Waals surface area (Å²) in [7, 11) is 0. The number of rotatable bonds is 10. The molecule has 138 valence electrons. The molecule has 0 spiro atoms. The predicted molar refractivity (Wildman–Crippen MR) is 110 cm³/mol. The van der Waals surface area contributed by atoms with Crippen molar-refractivity contribution < 1.29 is 4.79 Å². The van der Waals surface area contributed by atoms with Crippen LogP contribution in [0.5, 0.6) is 0 Å². The number of nitrogens with one attached hydrogen (secondary N) is 2. The van der Waals surface area contributed by atoms with Gasteiger partial charge in [0.15, 0.2) is 0 Å². The maximum atomic E-state index is 12.5. The smallest absolute Gasteiger partial charge is 0.267 e. The molecule has 26 heavy (non-hydrogen) atoms. The van der Waals surface area contributed by atoms with E-state index in [9.17, 15) is 4.79 Å². The van der Waals surface area contributed by atoms with Crippen LogP contribution in [0.3, 0.4) is 0 Å².